The highest BCUT2D eigenvalue weighted by Crippen LogP contribution is 2.13. The maximum Gasteiger partial charge on any atom is 0.151 e. The average molecular weight is 245 g/mol. The molecule has 1 heterocycles. The summed E-state index contributed by atoms with van der Waals surface area (Å²) in [6.07, 6.45) is 3.28. The third-order valence-electron chi connectivity index (χ3n) is 2.52. The Kier molecular flexibility index (Phi) is 4.56. The second-order valence-electron chi connectivity index (χ2n) is 4.04. The highest BCUT2D eigenvalue weighted by atomic mass is 32.2. The first kappa shape index (κ1) is 13.3. The van der Waals surface area contributed by atoms with Crippen molar-refractivity contribution in [1.29, 1.82) is 0 Å². The van der Waals surface area contributed by atoms with E-state index in [-0.39, 0.29) is 23.6 Å². The Morgan fingerprint density at radius 1 is 1.44 bits per heavy atom. The van der Waals surface area contributed by atoms with Crippen LogP contribution in [0.25, 0.3) is 0 Å². The van der Waals surface area contributed by atoms with E-state index >= 15 is 0 Å². The Morgan fingerprint density at radius 2 is 2.12 bits per heavy atom. The minimum absolute atomic E-state index is 0.0603. The normalized spacial score (nSPS) is 15.9. The first-order valence-electron chi connectivity index (χ1n) is 5.43. The molecule has 0 bridgehead atoms. The number of rotatable bonds is 6. The monoisotopic (exact) mass is 245 g/mol. The quantitative estimate of drug-likeness (QED) is 0.829. The standard InChI is InChI=1S/C11H19NO3S/c1-4-16(13,14)8-9(2)12-10(3)11-5-6-15-7-11/h5-7,9-10,12H,4,8H2,1-3H3. The summed E-state index contributed by atoms with van der Waals surface area (Å²) in [6, 6.07) is 1.91. The van der Waals surface area contributed by atoms with Crippen LogP contribution >= 0.6 is 0 Å². The molecule has 2 unspecified atom stereocenters. The molecule has 1 aromatic rings. The van der Waals surface area contributed by atoms with E-state index in [1.807, 2.05) is 19.9 Å². The predicted octanol–water partition coefficient (Wildman–Crippen LogP) is 1.75. The van der Waals surface area contributed by atoms with Crippen molar-refractivity contribution in [2.24, 2.45) is 0 Å². The van der Waals surface area contributed by atoms with E-state index in [9.17, 15) is 8.42 Å². The molecule has 1 aromatic heterocycles. The van der Waals surface area contributed by atoms with Crippen molar-refractivity contribution >= 4 is 9.84 Å². The third-order valence-corrected chi connectivity index (χ3v) is 4.41. The molecule has 0 saturated heterocycles. The number of sulfone groups is 1. The van der Waals surface area contributed by atoms with Crippen LogP contribution in [0.4, 0.5) is 0 Å². The molecular weight excluding hydrogens is 226 g/mol. The zero-order valence-corrected chi connectivity index (χ0v) is 10.8. The predicted molar refractivity (Wildman–Crippen MR) is 64.0 cm³/mol. The van der Waals surface area contributed by atoms with Gasteiger partial charge in [-0.15, -0.1) is 0 Å². The highest BCUT2D eigenvalue weighted by Gasteiger charge is 2.16. The summed E-state index contributed by atoms with van der Waals surface area (Å²) in [6.45, 7) is 5.53. The average Bonchev–Trinajstić information content (AvgIpc) is 2.69. The maximum atomic E-state index is 11.4. The van der Waals surface area contributed by atoms with Gasteiger partial charge in [-0.3, -0.25) is 0 Å². The van der Waals surface area contributed by atoms with Crippen molar-refractivity contribution in [1.82, 2.24) is 5.32 Å². The van der Waals surface area contributed by atoms with Gasteiger partial charge in [0.2, 0.25) is 0 Å². The summed E-state index contributed by atoms with van der Waals surface area (Å²) >= 11 is 0. The largest absolute Gasteiger partial charge is 0.472 e. The molecule has 1 rings (SSSR count). The van der Waals surface area contributed by atoms with Crippen LogP contribution in [0.3, 0.4) is 0 Å². The van der Waals surface area contributed by atoms with E-state index in [2.05, 4.69) is 5.32 Å². The lowest BCUT2D eigenvalue weighted by atomic mass is 10.1. The molecule has 0 saturated carbocycles. The van der Waals surface area contributed by atoms with Crippen molar-refractivity contribution in [2.45, 2.75) is 32.9 Å². The van der Waals surface area contributed by atoms with Crippen LogP contribution in [0, 0.1) is 0 Å². The van der Waals surface area contributed by atoms with Gasteiger partial charge in [0.25, 0.3) is 0 Å². The Balaban J connectivity index is 2.49. The van der Waals surface area contributed by atoms with E-state index in [4.69, 9.17) is 4.42 Å². The van der Waals surface area contributed by atoms with E-state index in [1.54, 1.807) is 19.5 Å². The fourth-order valence-electron chi connectivity index (χ4n) is 1.59. The third kappa shape index (κ3) is 3.98. The smallest absolute Gasteiger partial charge is 0.151 e. The van der Waals surface area contributed by atoms with Crippen molar-refractivity contribution in [3.8, 4) is 0 Å². The Labute approximate surface area is 97.0 Å². The topological polar surface area (TPSA) is 59.3 Å². The van der Waals surface area contributed by atoms with E-state index in [1.165, 1.54) is 0 Å². The van der Waals surface area contributed by atoms with Gasteiger partial charge in [0.1, 0.15) is 0 Å². The molecule has 92 valence electrons. The molecule has 5 heteroatoms. The molecule has 0 aromatic carbocycles. The summed E-state index contributed by atoms with van der Waals surface area (Å²) in [5.41, 5.74) is 1.03. The highest BCUT2D eigenvalue weighted by molar-refractivity contribution is 7.91. The summed E-state index contributed by atoms with van der Waals surface area (Å²) in [5, 5.41) is 3.23. The molecule has 4 nitrogen and oxygen atoms in total. The lowest BCUT2D eigenvalue weighted by Crippen LogP contribution is -2.35. The van der Waals surface area contributed by atoms with Gasteiger partial charge in [-0.1, -0.05) is 6.92 Å². The molecule has 0 aliphatic heterocycles. The zero-order valence-electron chi connectivity index (χ0n) is 9.93. The van der Waals surface area contributed by atoms with E-state index in [0.29, 0.717) is 0 Å². The van der Waals surface area contributed by atoms with Crippen LogP contribution in [0.15, 0.2) is 23.0 Å². The molecule has 1 N–H and O–H groups in total. The maximum absolute atomic E-state index is 11.4. The lowest BCUT2D eigenvalue weighted by Gasteiger charge is -2.18. The van der Waals surface area contributed by atoms with Crippen LogP contribution in [0.2, 0.25) is 0 Å². The molecule has 0 aliphatic rings. The minimum Gasteiger partial charge on any atom is -0.472 e. The second-order valence-corrected chi connectivity index (χ2v) is 6.44. The Morgan fingerprint density at radius 3 is 2.62 bits per heavy atom. The summed E-state index contributed by atoms with van der Waals surface area (Å²) in [4.78, 5) is 0. The van der Waals surface area contributed by atoms with Crippen LogP contribution in [0.5, 0.6) is 0 Å². The number of hydrogen-bond acceptors (Lipinski definition) is 4. The van der Waals surface area contributed by atoms with E-state index < -0.39 is 9.84 Å². The van der Waals surface area contributed by atoms with Crippen LogP contribution in [-0.2, 0) is 9.84 Å². The Hall–Kier alpha value is -0.810. The van der Waals surface area contributed by atoms with Gasteiger partial charge in [-0.05, 0) is 19.9 Å². The summed E-state index contributed by atoms with van der Waals surface area (Å²) in [5.74, 6) is 0.366. The number of furan rings is 1. The molecule has 0 radical (unpaired) electrons. The minimum atomic E-state index is -2.92. The summed E-state index contributed by atoms with van der Waals surface area (Å²) < 4.78 is 27.8. The zero-order chi connectivity index (χ0) is 12.2. The van der Waals surface area contributed by atoms with Crippen LogP contribution < -0.4 is 5.32 Å². The van der Waals surface area contributed by atoms with Gasteiger partial charge >= 0.3 is 0 Å². The molecule has 0 spiro atoms. The van der Waals surface area contributed by atoms with Crippen molar-refractivity contribution in [2.75, 3.05) is 11.5 Å². The SMILES string of the molecule is CCS(=O)(=O)CC(C)NC(C)c1ccoc1. The fourth-order valence-corrected chi connectivity index (χ4v) is 2.68. The molecular formula is C11H19NO3S. The first-order chi connectivity index (χ1) is 7.44. The van der Waals surface area contributed by atoms with Gasteiger partial charge in [0, 0.05) is 23.4 Å². The molecule has 0 amide bonds. The molecule has 2 atom stereocenters. The van der Waals surface area contributed by atoms with E-state index in [0.717, 1.165) is 5.56 Å². The molecule has 0 aliphatic carbocycles. The van der Waals surface area contributed by atoms with Crippen LogP contribution in [-0.4, -0.2) is 26.0 Å². The second kappa shape index (κ2) is 5.50. The van der Waals surface area contributed by atoms with Gasteiger partial charge in [0.05, 0.1) is 18.3 Å². The molecule has 16 heavy (non-hydrogen) atoms. The first-order valence-corrected chi connectivity index (χ1v) is 7.25. The Bertz CT molecular complexity index is 397. The molecule has 0 fully saturated rings. The van der Waals surface area contributed by atoms with Crippen molar-refractivity contribution < 1.29 is 12.8 Å². The van der Waals surface area contributed by atoms with Gasteiger partial charge < -0.3 is 9.73 Å². The number of nitrogens with one attached hydrogen (secondary N) is 1. The van der Waals surface area contributed by atoms with Crippen LogP contribution in [0.1, 0.15) is 32.4 Å². The van der Waals surface area contributed by atoms with Gasteiger partial charge in [-0.2, -0.15) is 0 Å². The van der Waals surface area contributed by atoms with Crippen molar-refractivity contribution in [3.63, 3.8) is 0 Å². The van der Waals surface area contributed by atoms with Gasteiger partial charge in [0.15, 0.2) is 9.84 Å². The lowest BCUT2D eigenvalue weighted by molar-refractivity contribution is 0.491. The van der Waals surface area contributed by atoms with Gasteiger partial charge in [-0.25, -0.2) is 8.42 Å². The number of hydrogen-bond donors (Lipinski definition) is 1. The fraction of sp³-hybridized carbons (Fsp3) is 0.636. The van der Waals surface area contributed by atoms with Crippen molar-refractivity contribution in [3.05, 3.63) is 24.2 Å². The summed E-state index contributed by atoms with van der Waals surface area (Å²) in [7, 11) is -2.92.